The lowest BCUT2D eigenvalue weighted by Gasteiger charge is -2.41. The highest BCUT2D eigenvalue weighted by Crippen LogP contribution is 2.35. The zero-order chi connectivity index (χ0) is 20.0. The van der Waals surface area contributed by atoms with Gasteiger partial charge in [0.05, 0.1) is 13.2 Å². The fraction of sp³-hybridized carbons (Fsp3) is 0.842. The summed E-state index contributed by atoms with van der Waals surface area (Å²) in [5.41, 5.74) is -0.00640. The number of amides is 2. The molecule has 3 rings (SSSR count). The van der Waals surface area contributed by atoms with Crippen LogP contribution in [-0.4, -0.2) is 112 Å². The van der Waals surface area contributed by atoms with E-state index < -0.39 is 0 Å². The van der Waals surface area contributed by atoms with Crippen LogP contribution in [-0.2, 0) is 14.3 Å². The molecule has 3 aliphatic heterocycles. The van der Waals surface area contributed by atoms with E-state index in [0.717, 1.165) is 77.8 Å². The van der Waals surface area contributed by atoms with Crippen molar-refractivity contribution in [3.8, 4) is 0 Å². The Labute approximate surface area is 190 Å². The molecule has 10 heteroatoms. The van der Waals surface area contributed by atoms with Crippen LogP contribution in [0.25, 0.3) is 0 Å². The van der Waals surface area contributed by atoms with Gasteiger partial charge in [0.1, 0.15) is 6.54 Å². The van der Waals surface area contributed by atoms with Gasteiger partial charge in [0.25, 0.3) is 0 Å². The zero-order valence-corrected chi connectivity index (χ0v) is 19.9. The van der Waals surface area contributed by atoms with Crippen molar-refractivity contribution < 1.29 is 14.3 Å². The molecule has 2 amide bonds. The van der Waals surface area contributed by atoms with Crippen LogP contribution >= 0.6 is 24.0 Å². The molecule has 0 radical (unpaired) electrons. The Morgan fingerprint density at radius 3 is 2.72 bits per heavy atom. The first-order valence-corrected chi connectivity index (χ1v) is 10.3. The lowest BCUT2D eigenvalue weighted by molar-refractivity contribution is -0.127. The van der Waals surface area contributed by atoms with Gasteiger partial charge in [-0.25, -0.2) is 4.99 Å². The number of aliphatic imine (C=N–C) groups is 1. The van der Waals surface area contributed by atoms with Crippen LogP contribution in [0.2, 0.25) is 0 Å². The van der Waals surface area contributed by atoms with E-state index in [9.17, 15) is 9.59 Å². The smallest absolute Gasteiger partial charge is 0.243 e. The molecule has 166 valence electrons. The summed E-state index contributed by atoms with van der Waals surface area (Å²) in [6.07, 6.45) is 2.67. The summed E-state index contributed by atoms with van der Waals surface area (Å²) in [5, 5.41) is 6.45. The molecular formula is C19H35IN6O3. The van der Waals surface area contributed by atoms with Gasteiger partial charge in [-0.2, -0.15) is 0 Å². The third-order valence-electron chi connectivity index (χ3n) is 5.83. The Morgan fingerprint density at radius 1 is 1.31 bits per heavy atom. The average Bonchev–Trinajstić information content (AvgIpc) is 3.04. The maximum absolute atomic E-state index is 12.0. The average molecular weight is 522 g/mol. The number of hydrogen-bond acceptors (Lipinski definition) is 5. The molecule has 3 heterocycles. The Hall–Kier alpha value is -1.14. The molecule has 29 heavy (non-hydrogen) atoms. The summed E-state index contributed by atoms with van der Waals surface area (Å²) in [6, 6.07) is 0. The number of carbonyl (C=O) groups is 2. The summed E-state index contributed by atoms with van der Waals surface area (Å²) in [6.45, 7) is 7.73. The van der Waals surface area contributed by atoms with Crippen molar-refractivity contribution in [1.82, 2.24) is 25.3 Å². The molecule has 3 saturated heterocycles. The summed E-state index contributed by atoms with van der Waals surface area (Å²) < 4.78 is 5.40. The first-order chi connectivity index (χ1) is 13.5. The highest BCUT2D eigenvalue weighted by molar-refractivity contribution is 14.0. The van der Waals surface area contributed by atoms with Crippen LogP contribution < -0.4 is 10.6 Å². The van der Waals surface area contributed by atoms with Gasteiger partial charge in [0.15, 0.2) is 5.96 Å². The molecule has 3 aliphatic rings. The van der Waals surface area contributed by atoms with E-state index in [2.05, 4.69) is 25.4 Å². The molecule has 9 nitrogen and oxygen atoms in total. The van der Waals surface area contributed by atoms with Crippen molar-refractivity contribution in [2.75, 3.05) is 79.7 Å². The highest BCUT2D eigenvalue weighted by Gasteiger charge is 2.42. The molecule has 0 aromatic heterocycles. The van der Waals surface area contributed by atoms with E-state index in [1.54, 1.807) is 19.0 Å². The molecule has 1 spiro atoms. The Balaban J connectivity index is 0.00000300. The maximum Gasteiger partial charge on any atom is 0.243 e. The van der Waals surface area contributed by atoms with E-state index in [0.29, 0.717) is 6.42 Å². The largest absolute Gasteiger partial charge is 0.379 e. The van der Waals surface area contributed by atoms with Crippen molar-refractivity contribution in [2.45, 2.75) is 19.3 Å². The number of nitrogens with zero attached hydrogens (tertiary/aromatic N) is 4. The van der Waals surface area contributed by atoms with Gasteiger partial charge in [-0.15, -0.1) is 24.0 Å². The van der Waals surface area contributed by atoms with Crippen molar-refractivity contribution in [1.29, 1.82) is 0 Å². The number of guanidine groups is 1. The lowest BCUT2D eigenvalue weighted by Crippen LogP contribution is -2.52. The standard InChI is InChI=1S/C19H34N6O3.HI/c1-23(2)17(27)13-21-18(20-5-7-24-8-10-28-11-9-24)25-6-3-4-19(15-25)12-16(26)22-14-19;/h3-15H2,1-2H3,(H,20,21)(H,22,26);1H. The van der Waals surface area contributed by atoms with Crippen LogP contribution in [0.4, 0.5) is 0 Å². The fourth-order valence-corrected chi connectivity index (χ4v) is 4.13. The van der Waals surface area contributed by atoms with E-state index in [4.69, 9.17) is 4.74 Å². The number of likely N-dealkylation sites (tertiary alicyclic amines) is 1. The second kappa shape index (κ2) is 11.3. The van der Waals surface area contributed by atoms with Gasteiger partial charge in [-0.1, -0.05) is 0 Å². The fourth-order valence-electron chi connectivity index (χ4n) is 4.13. The first kappa shape index (κ1) is 24.1. The Morgan fingerprint density at radius 2 is 2.07 bits per heavy atom. The minimum absolute atomic E-state index is 0. The lowest BCUT2D eigenvalue weighted by atomic mass is 9.79. The number of hydrogen-bond donors (Lipinski definition) is 2. The predicted molar refractivity (Wildman–Crippen MR) is 123 cm³/mol. The number of ether oxygens (including phenoxy) is 1. The maximum atomic E-state index is 12.0. The highest BCUT2D eigenvalue weighted by atomic mass is 127. The van der Waals surface area contributed by atoms with Gasteiger partial charge < -0.3 is 25.2 Å². The zero-order valence-electron chi connectivity index (χ0n) is 17.6. The molecule has 0 aliphatic carbocycles. The van der Waals surface area contributed by atoms with Crippen LogP contribution in [0.3, 0.4) is 0 Å². The van der Waals surface area contributed by atoms with Crippen LogP contribution in [0.5, 0.6) is 0 Å². The minimum Gasteiger partial charge on any atom is -0.379 e. The third kappa shape index (κ3) is 6.95. The minimum atomic E-state index is -0.0167. The van der Waals surface area contributed by atoms with Crippen molar-refractivity contribution in [2.24, 2.45) is 10.4 Å². The second-order valence-electron chi connectivity index (χ2n) is 8.29. The molecular weight excluding hydrogens is 487 g/mol. The van der Waals surface area contributed by atoms with Crippen LogP contribution in [0.1, 0.15) is 19.3 Å². The SMILES string of the molecule is CN(C)C(=O)CN=C(NCCN1CCOCC1)N1CCCC2(CNC(=O)C2)C1.I. The Bertz CT molecular complexity index is 596. The van der Waals surface area contributed by atoms with Crippen LogP contribution in [0.15, 0.2) is 4.99 Å². The molecule has 0 saturated carbocycles. The monoisotopic (exact) mass is 522 g/mol. The third-order valence-corrected chi connectivity index (χ3v) is 5.83. The van der Waals surface area contributed by atoms with Gasteiger partial charge >= 0.3 is 0 Å². The molecule has 0 bridgehead atoms. The number of likely N-dealkylation sites (N-methyl/N-ethyl adjacent to an activating group) is 1. The van der Waals surface area contributed by atoms with E-state index in [1.165, 1.54) is 0 Å². The normalized spacial score (nSPS) is 25.5. The van der Waals surface area contributed by atoms with Gasteiger partial charge in [-0.05, 0) is 12.8 Å². The quantitative estimate of drug-likeness (QED) is 0.290. The number of carbonyl (C=O) groups excluding carboxylic acids is 2. The van der Waals surface area contributed by atoms with Crippen molar-refractivity contribution in [3.05, 3.63) is 0 Å². The van der Waals surface area contributed by atoms with Crippen LogP contribution in [0, 0.1) is 5.41 Å². The van der Waals surface area contributed by atoms with Crippen molar-refractivity contribution >= 4 is 41.8 Å². The predicted octanol–water partition coefficient (Wildman–Crippen LogP) is -0.427. The number of piperidine rings is 1. The number of halogens is 1. The topological polar surface area (TPSA) is 89.5 Å². The molecule has 3 fully saturated rings. The number of nitrogens with one attached hydrogen (secondary N) is 2. The first-order valence-electron chi connectivity index (χ1n) is 10.3. The molecule has 2 N–H and O–H groups in total. The van der Waals surface area contributed by atoms with E-state index in [1.807, 2.05) is 0 Å². The van der Waals surface area contributed by atoms with Crippen molar-refractivity contribution in [3.63, 3.8) is 0 Å². The number of morpholine rings is 1. The number of rotatable bonds is 5. The van der Waals surface area contributed by atoms with E-state index in [-0.39, 0.29) is 47.8 Å². The second-order valence-corrected chi connectivity index (χ2v) is 8.29. The summed E-state index contributed by atoms with van der Waals surface area (Å²) in [7, 11) is 3.49. The molecule has 1 unspecified atom stereocenters. The van der Waals surface area contributed by atoms with Gasteiger partial charge in [-0.3, -0.25) is 14.5 Å². The van der Waals surface area contributed by atoms with E-state index >= 15 is 0 Å². The summed E-state index contributed by atoms with van der Waals surface area (Å²) >= 11 is 0. The Kier molecular flexibility index (Phi) is 9.41. The molecule has 0 aromatic carbocycles. The molecule has 1 atom stereocenters. The van der Waals surface area contributed by atoms with Gasteiger partial charge in [0.2, 0.25) is 11.8 Å². The summed E-state index contributed by atoms with van der Waals surface area (Å²) in [5.74, 6) is 0.905. The summed E-state index contributed by atoms with van der Waals surface area (Å²) in [4.78, 5) is 34.6. The van der Waals surface area contributed by atoms with Gasteiger partial charge in [0, 0.05) is 71.7 Å². The molecule has 0 aromatic rings.